The average Bonchev–Trinajstić information content (AvgIpc) is 2.61. The van der Waals surface area contributed by atoms with Crippen molar-refractivity contribution in [2.45, 2.75) is 18.9 Å². The Hall–Kier alpha value is -2.28. The van der Waals surface area contributed by atoms with Crippen molar-refractivity contribution < 1.29 is 28.5 Å². The number of esters is 2. The number of benzene rings is 1. The Morgan fingerprint density at radius 3 is 2.25 bits per heavy atom. The monoisotopic (exact) mass is 337 g/mol. The number of methoxy groups -OCH3 is 4. The van der Waals surface area contributed by atoms with Crippen molar-refractivity contribution in [3.8, 4) is 11.5 Å². The molecule has 24 heavy (non-hydrogen) atoms. The Morgan fingerprint density at radius 2 is 1.67 bits per heavy atom. The molecule has 1 atom stereocenters. The van der Waals surface area contributed by atoms with Gasteiger partial charge in [-0.2, -0.15) is 0 Å². The average molecular weight is 337 g/mol. The Morgan fingerprint density at radius 1 is 1.04 bits per heavy atom. The van der Waals surface area contributed by atoms with Crippen LogP contribution in [0, 0.1) is 0 Å². The van der Waals surface area contributed by atoms with Crippen LogP contribution in [0.4, 0.5) is 0 Å². The predicted octanol–water partition coefficient (Wildman–Crippen LogP) is 1.34. The molecule has 1 heterocycles. The first-order valence-electron chi connectivity index (χ1n) is 7.66. The lowest BCUT2D eigenvalue weighted by molar-refractivity contribution is -0.146. The number of hydrogen-bond acceptors (Lipinski definition) is 7. The van der Waals surface area contributed by atoms with Crippen LogP contribution in [0.25, 0.3) is 0 Å². The van der Waals surface area contributed by atoms with Crippen molar-refractivity contribution >= 4 is 11.9 Å². The largest absolute Gasteiger partial charge is 0.493 e. The molecular formula is C17H23NO6. The lowest BCUT2D eigenvalue weighted by Crippen LogP contribution is -2.40. The lowest BCUT2D eigenvalue weighted by Gasteiger charge is -2.36. The van der Waals surface area contributed by atoms with Gasteiger partial charge in [0.15, 0.2) is 11.5 Å². The highest BCUT2D eigenvalue weighted by molar-refractivity contribution is 5.73. The van der Waals surface area contributed by atoms with E-state index in [-0.39, 0.29) is 30.9 Å². The van der Waals surface area contributed by atoms with E-state index >= 15 is 0 Å². The van der Waals surface area contributed by atoms with Gasteiger partial charge in [-0.3, -0.25) is 14.5 Å². The minimum absolute atomic E-state index is 0.117. The zero-order valence-electron chi connectivity index (χ0n) is 14.5. The van der Waals surface area contributed by atoms with Crippen molar-refractivity contribution in [2.75, 3.05) is 41.5 Å². The van der Waals surface area contributed by atoms with Crippen molar-refractivity contribution in [3.63, 3.8) is 0 Å². The second-order valence-electron chi connectivity index (χ2n) is 5.50. The van der Waals surface area contributed by atoms with Gasteiger partial charge in [-0.15, -0.1) is 0 Å². The van der Waals surface area contributed by atoms with E-state index < -0.39 is 0 Å². The van der Waals surface area contributed by atoms with Crippen molar-refractivity contribution in [2.24, 2.45) is 0 Å². The Balaban J connectivity index is 2.41. The Bertz CT molecular complexity index is 615. The number of rotatable bonds is 6. The summed E-state index contributed by atoms with van der Waals surface area (Å²) in [6.07, 6.45) is 0.889. The maximum Gasteiger partial charge on any atom is 0.319 e. The summed E-state index contributed by atoms with van der Waals surface area (Å²) in [5.74, 6) is 0.562. The van der Waals surface area contributed by atoms with Gasteiger partial charge in [-0.1, -0.05) is 0 Å². The third-order valence-corrected chi connectivity index (χ3v) is 4.26. The van der Waals surface area contributed by atoms with Gasteiger partial charge in [0.2, 0.25) is 0 Å². The van der Waals surface area contributed by atoms with Gasteiger partial charge >= 0.3 is 11.9 Å². The Kier molecular flexibility index (Phi) is 6.03. The maximum absolute atomic E-state index is 11.8. The van der Waals surface area contributed by atoms with Crippen molar-refractivity contribution in [3.05, 3.63) is 23.3 Å². The smallest absolute Gasteiger partial charge is 0.319 e. The van der Waals surface area contributed by atoms with Gasteiger partial charge in [0.1, 0.15) is 0 Å². The second kappa shape index (κ2) is 8.01. The fourth-order valence-corrected chi connectivity index (χ4v) is 2.98. The molecule has 0 bridgehead atoms. The summed E-state index contributed by atoms with van der Waals surface area (Å²) in [4.78, 5) is 25.5. The molecule has 0 unspecified atom stereocenters. The van der Waals surface area contributed by atoms with Crippen LogP contribution >= 0.6 is 0 Å². The molecule has 7 nitrogen and oxygen atoms in total. The van der Waals surface area contributed by atoms with E-state index in [0.717, 1.165) is 17.5 Å². The molecule has 0 spiro atoms. The van der Waals surface area contributed by atoms with E-state index in [9.17, 15) is 9.59 Å². The number of carbonyl (C=O) groups is 2. The van der Waals surface area contributed by atoms with E-state index in [1.54, 1.807) is 14.2 Å². The van der Waals surface area contributed by atoms with Gasteiger partial charge in [-0.05, 0) is 29.7 Å². The molecule has 132 valence electrons. The number of nitrogens with zero attached hydrogens (tertiary/aromatic N) is 1. The molecule has 0 fully saturated rings. The van der Waals surface area contributed by atoms with Crippen LogP contribution in [-0.2, 0) is 25.5 Å². The molecule has 0 aliphatic carbocycles. The highest BCUT2D eigenvalue weighted by Gasteiger charge is 2.32. The van der Waals surface area contributed by atoms with Crippen LogP contribution in [0.2, 0.25) is 0 Å². The van der Waals surface area contributed by atoms with E-state index in [4.69, 9.17) is 18.9 Å². The molecule has 1 aliphatic rings. The van der Waals surface area contributed by atoms with Gasteiger partial charge in [0, 0.05) is 12.6 Å². The van der Waals surface area contributed by atoms with E-state index in [2.05, 4.69) is 0 Å². The molecular weight excluding hydrogens is 314 g/mol. The zero-order valence-corrected chi connectivity index (χ0v) is 14.5. The van der Waals surface area contributed by atoms with Crippen molar-refractivity contribution in [1.82, 2.24) is 4.90 Å². The Labute approximate surface area is 141 Å². The molecule has 1 aromatic carbocycles. The van der Waals surface area contributed by atoms with Crippen LogP contribution in [-0.4, -0.2) is 58.4 Å². The fraction of sp³-hybridized carbons (Fsp3) is 0.529. The summed E-state index contributed by atoms with van der Waals surface area (Å²) >= 11 is 0. The molecule has 7 heteroatoms. The summed E-state index contributed by atoms with van der Waals surface area (Å²) in [5.41, 5.74) is 2.01. The number of fused-ring (bicyclic) bond motifs is 1. The molecule has 0 saturated heterocycles. The quantitative estimate of drug-likeness (QED) is 0.725. The summed E-state index contributed by atoms with van der Waals surface area (Å²) < 4.78 is 20.3. The van der Waals surface area contributed by atoms with Gasteiger partial charge in [-0.25, -0.2) is 0 Å². The summed E-state index contributed by atoms with van der Waals surface area (Å²) in [7, 11) is 5.85. The maximum atomic E-state index is 11.8. The highest BCUT2D eigenvalue weighted by atomic mass is 16.5. The summed E-state index contributed by atoms with van der Waals surface area (Å²) in [5, 5.41) is 0. The van der Waals surface area contributed by atoms with E-state index in [1.165, 1.54) is 14.2 Å². The summed E-state index contributed by atoms with van der Waals surface area (Å²) in [6.45, 7) is 0.755. The van der Waals surface area contributed by atoms with Crippen LogP contribution in [0.5, 0.6) is 11.5 Å². The third kappa shape index (κ3) is 3.79. The van der Waals surface area contributed by atoms with Gasteiger partial charge in [0.05, 0.1) is 41.4 Å². The normalized spacial score (nSPS) is 16.9. The molecule has 0 N–H and O–H groups in total. The van der Waals surface area contributed by atoms with Crippen LogP contribution in [0.1, 0.15) is 23.6 Å². The molecule has 1 aromatic rings. The molecule has 0 amide bonds. The molecule has 0 aromatic heterocycles. The SMILES string of the molecule is COC(=O)C[C@@H]1c2cc(OC)c(OC)cc2CCN1CC(=O)OC. The van der Waals surface area contributed by atoms with E-state index in [1.807, 2.05) is 17.0 Å². The molecule has 1 aliphatic heterocycles. The van der Waals surface area contributed by atoms with E-state index in [0.29, 0.717) is 18.0 Å². The molecule has 0 radical (unpaired) electrons. The predicted molar refractivity (Wildman–Crippen MR) is 86.2 cm³/mol. The summed E-state index contributed by atoms with van der Waals surface area (Å²) in [6, 6.07) is 3.51. The zero-order chi connectivity index (χ0) is 17.7. The first-order valence-corrected chi connectivity index (χ1v) is 7.66. The number of hydrogen-bond donors (Lipinski definition) is 0. The topological polar surface area (TPSA) is 74.3 Å². The standard InChI is InChI=1S/C17H23NO6/c1-21-14-7-11-5-6-18(10-17(20)24-4)13(9-16(19)23-3)12(11)8-15(14)22-2/h7-8,13H,5-6,9-10H2,1-4H3/t13-/m1/s1. The second-order valence-corrected chi connectivity index (χ2v) is 5.50. The minimum Gasteiger partial charge on any atom is -0.493 e. The highest BCUT2D eigenvalue weighted by Crippen LogP contribution is 2.39. The van der Waals surface area contributed by atoms with Crippen LogP contribution in [0.15, 0.2) is 12.1 Å². The van der Waals surface area contributed by atoms with Gasteiger partial charge < -0.3 is 18.9 Å². The lowest BCUT2D eigenvalue weighted by atomic mass is 9.90. The molecule has 2 rings (SSSR count). The van der Waals surface area contributed by atoms with Gasteiger partial charge in [0.25, 0.3) is 0 Å². The van der Waals surface area contributed by atoms with Crippen molar-refractivity contribution in [1.29, 1.82) is 0 Å². The third-order valence-electron chi connectivity index (χ3n) is 4.26. The fourth-order valence-electron chi connectivity index (χ4n) is 2.98. The first kappa shape index (κ1) is 18.1. The molecule has 0 saturated carbocycles. The van der Waals surface area contributed by atoms with Crippen LogP contribution < -0.4 is 9.47 Å². The number of ether oxygens (including phenoxy) is 4. The number of carbonyl (C=O) groups excluding carboxylic acids is 2. The minimum atomic E-state index is -0.339. The van der Waals surface area contributed by atoms with Crippen LogP contribution in [0.3, 0.4) is 0 Å². The first-order chi connectivity index (χ1) is 11.5.